The fourth-order valence-corrected chi connectivity index (χ4v) is 23.9. The van der Waals surface area contributed by atoms with Gasteiger partial charge in [-0.2, -0.15) is 0 Å². The predicted molar refractivity (Wildman–Crippen MR) is 579 cm³/mol. The lowest BCUT2D eigenvalue weighted by Crippen LogP contribution is -2.16. The molecule has 9 heteroatoms. The number of benzene rings is 24. The normalized spacial score (nSPS) is 15.3. The largest absolute Gasteiger partial charge is 0.508 e. The van der Waals surface area contributed by atoms with Crippen LogP contribution in [-0.2, 0) is 0 Å². The van der Waals surface area contributed by atoms with Crippen molar-refractivity contribution in [2.24, 2.45) is 0 Å². The minimum absolute atomic E-state index is 0.187. The molecule has 0 aliphatic carbocycles. The summed E-state index contributed by atoms with van der Waals surface area (Å²) < 4.78 is 35.2. The lowest BCUT2D eigenvalue weighted by molar-refractivity contribution is 0.452. The van der Waals surface area contributed by atoms with Crippen LogP contribution in [0.2, 0.25) is 0 Å². The summed E-state index contributed by atoms with van der Waals surface area (Å²) in [5.41, 5.74) is 27.9. The van der Waals surface area contributed by atoms with Crippen molar-refractivity contribution >= 4 is 75.4 Å². The van der Waals surface area contributed by atoms with Gasteiger partial charge in [0.1, 0.15) is 80.5 Å². The topological polar surface area (TPSA) is 127 Å². The number of ether oxygens (including phenoxy) is 5. The standard InChI is InChI=1S/C79H50O5.C56H36O4/c80-57-30-32-59-55(44-57)28-38-65-74(59)71(52-22-16-49(17-23-52)46-10-4-1-5-11-46)76-61-34-42-69-78(63(61)36-40-67(76)82-65)73(54-26-20-51(21-27-54)48-14-8-3-9-15-48)79-64-37-41-68-77(62(64)35-43-70(79)84-69)72(53-24-18-50(19-25-53)47-12-6-2-7-13-47)75-60-33-31-58(81)45-56(60)29-39-66(75)83-68;57-41-21-23-43-39(31-41)19-27-47-53(43)51(37-15-11-35(12-16-37)33-7-3-1-4-8-33)55-45-25-30-50-56(46(45)26-29-49(55)59-47)52(38-17-13-36(14-18-38)34-9-5-2-6-10-34)54-44-24-22-42(58)32-40(44)20-28-48(54)60-50/h1-45,71-73,80-81H;1-32,51-52,57-58H. The molecule has 5 aliphatic heterocycles. The zero-order chi connectivity index (χ0) is 95.5. The SMILES string of the molecule is Oc1ccc2c3c(ccc2c1)Oc1ccc2c4c(ccc2c1C3c1ccc(-c2ccccc2)cc1)Oc1ccc2c3c(ccc2c1C4c1ccc(-c2ccccc2)cc1)Oc1ccc2cc(O)ccc2c1C3c1ccc(-c2ccccc2)cc1.Oc1ccc2c3c(ccc2c1)Oc1ccc2c4c(ccc2c1C3c1ccc(-c2ccccc2)cc1)Oc1ccc2cc(O)ccc2c1C4c1ccc(-c2ccccc2)cc1. The first kappa shape index (κ1) is 83.5. The molecule has 0 fully saturated rings. The Hall–Kier alpha value is -18.7. The van der Waals surface area contributed by atoms with Gasteiger partial charge in [-0.05, 0) is 268 Å². The molecular weight excluding hydrogens is 1770 g/mol. The van der Waals surface area contributed by atoms with E-state index in [1.165, 1.54) is 11.1 Å². The van der Waals surface area contributed by atoms with E-state index >= 15 is 0 Å². The van der Waals surface area contributed by atoms with Gasteiger partial charge >= 0.3 is 0 Å². The van der Waals surface area contributed by atoms with Gasteiger partial charge in [-0.1, -0.05) is 358 Å². The fourth-order valence-electron chi connectivity index (χ4n) is 23.9. The quantitative estimate of drug-likeness (QED) is 0.106. The number of hydrogen-bond donors (Lipinski definition) is 4. The minimum Gasteiger partial charge on any atom is -0.508 e. The van der Waals surface area contributed by atoms with Crippen LogP contribution in [0.15, 0.2) is 467 Å². The van der Waals surface area contributed by atoms with Gasteiger partial charge in [0.25, 0.3) is 0 Å². The third-order valence-corrected chi connectivity index (χ3v) is 30.4. The monoisotopic (exact) mass is 1850 g/mol. The van der Waals surface area contributed by atoms with Gasteiger partial charge < -0.3 is 44.1 Å². The molecule has 144 heavy (non-hydrogen) atoms. The van der Waals surface area contributed by atoms with Crippen LogP contribution in [-0.4, -0.2) is 20.4 Å². The summed E-state index contributed by atoms with van der Waals surface area (Å²) in [4.78, 5) is 0. The number of phenolic OH excluding ortho intramolecular Hbond substituents is 4. The molecule has 5 heterocycles. The maximum Gasteiger partial charge on any atom is 0.132 e. The molecule has 4 atom stereocenters. The van der Waals surface area contributed by atoms with Crippen molar-refractivity contribution in [1.29, 1.82) is 0 Å². The summed E-state index contributed by atoms with van der Waals surface area (Å²) in [6, 6.07) is 163. The van der Waals surface area contributed by atoms with E-state index < -0.39 is 0 Å². The van der Waals surface area contributed by atoms with Gasteiger partial charge in [0, 0.05) is 85.2 Å². The summed E-state index contributed by atoms with van der Waals surface area (Å²) in [6.07, 6.45) is 0. The van der Waals surface area contributed by atoms with Crippen molar-refractivity contribution in [2.75, 3.05) is 0 Å². The molecule has 0 aromatic heterocycles. The Balaban J connectivity index is 0.000000148. The van der Waals surface area contributed by atoms with Crippen molar-refractivity contribution < 1.29 is 44.1 Å². The van der Waals surface area contributed by atoms with Crippen LogP contribution in [0.1, 0.15) is 113 Å². The van der Waals surface area contributed by atoms with Gasteiger partial charge in [0.05, 0.1) is 0 Å². The van der Waals surface area contributed by atoms with Gasteiger partial charge in [0.2, 0.25) is 0 Å². The third kappa shape index (κ3) is 13.8. The zero-order valence-corrected chi connectivity index (χ0v) is 77.7. The van der Waals surface area contributed by atoms with Crippen molar-refractivity contribution in [3.05, 3.63) is 551 Å². The second-order valence-corrected chi connectivity index (χ2v) is 38.3. The van der Waals surface area contributed by atoms with Crippen LogP contribution in [0, 0.1) is 0 Å². The highest BCUT2D eigenvalue weighted by molar-refractivity contribution is 6.05. The Morgan fingerprint density at radius 1 is 0.125 bits per heavy atom. The lowest BCUT2D eigenvalue weighted by atomic mass is 9.74. The van der Waals surface area contributed by atoms with Crippen molar-refractivity contribution in [1.82, 2.24) is 0 Å². The molecule has 0 saturated heterocycles. The predicted octanol–water partition coefficient (Wildman–Crippen LogP) is 35.0. The van der Waals surface area contributed by atoms with E-state index in [0.717, 1.165) is 261 Å². The zero-order valence-electron chi connectivity index (χ0n) is 77.7. The highest BCUT2D eigenvalue weighted by Crippen LogP contribution is 2.63. The highest BCUT2D eigenvalue weighted by atomic mass is 16.5. The van der Waals surface area contributed by atoms with Gasteiger partial charge in [-0.25, -0.2) is 0 Å². The molecule has 0 saturated carbocycles. The molecule has 4 unspecified atom stereocenters. The van der Waals surface area contributed by atoms with Crippen LogP contribution in [0.4, 0.5) is 0 Å². The van der Waals surface area contributed by atoms with Crippen LogP contribution >= 0.6 is 0 Å². The number of hydrogen-bond acceptors (Lipinski definition) is 9. The van der Waals surface area contributed by atoms with Crippen molar-refractivity contribution in [2.45, 2.75) is 29.6 Å². The van der Waals surface area contributed by atoms with E-state index in [-0.39, 0.29) is 52.6 Å². The first-order chi connectivity index (χ1) is 71.0. The molecule has 29 rings (SSSR count). The van der Waals surface area contributed by atoms with Crippen molar-refractivity contribution in [3.63, 3.8) is 0 Å². The third-order valence-electron chi connectivity index (χ3n) is 30.4. The molecule has 0 spiro atoms. The van der Waals surface area contributed by atoms with Gasteiger partial charge in [0.15, 0.2) is 0 Å². The maximum atomic E-state index is 10.8. The van der Waals surface area contributed by atoms with E-state index in [1.54, 1.807) is 24.3 Å². The first-order valence-corrected chi connectivity index (χ1v) is 49.0. The first-order valence-electron chi connectivity index (χ1n) is 49.0. The fraction of sp³-hybridized carbons (Fsp3) is 0.0370. The van der Waals surface area contributed by atoms with E-state index in [1.807, 2.05) is 109 Å². The summed E-state index contributed by atoms with van der Waals surface area (Å²) in [6.45, 7) is 0. The van der Waals surface area contributed by atoms with Crippen LogP contribution < -0.4 is 23.7 Å². The molecule has 680 valence electrons. The molecule has 24 aromatic carbocycles. The number of rotatable bonds is 10. The summed E-state index contributed by atoms with van der Waals surface area (Å²) in [7, 11) is 0. The highest BCUT2D eigenvalue weighted by Gasteiger charge is 2.42. The van der Waals surface area contributed by atoms with Crippen LogP contribution in [0.3, 0.4) is 0 Å². The van der Waals surface area contributed by atoms with E-state index in [4.69, 9.17) is 23.7 Å². The molecular formula is C135H86O9. The molecule has 24 aromatic rings. The maximum absolute atomic E-state index is 10.8. The van der Waals surface area contributed by atoms with Crippen molar-refractivity contribution in [3.8, 4) is 136 Å². The summed E-state index contributed by atoms with van der Waals surface area (Å²) in [5.74, 6) is 7.78. The van der Waals surface area contributed by atoms with E-state index in [9.17, 15) is 20.4 Å². The Labute approximate surface area is 830 Å². The smallest absolute Gasteiger partial charge is 0.132 e. The lowest BCUT2D eigenvalue weighted by Gasteiger charge is -2.35. The van der Waals surface area contributed by atoms with Crippen LogP contribution in [0.25, 0.3) is 131 Å². The average molecular weight is 1850 g/mol. The Kier molecular flexibility index (Phi) is 19.5. The molecule has 5 aliphatic rings. The second-order valence-electron chi connectivity index (χ2n) is 38.3. The summed E-state index contributed by atoms with van der Waals surface area (Å²) >= 11 is 0. The van der Waals surface area contributed by atoms with E-state index in [2.05, 4.69) is 334 Å². The van der Waals surface area contributed by atoms with Gasteiger partial charge in [-0.3, -0.25) is 0 Å². The molecule has 0 bridgehead atoms. The number of fused-ring (bicyclic) bond motifs is 27. The average Bonchev–Trinajstić information content (AvgIpc) is 0.708. The Bertz CT molecular complexity index is 8860. The van der Waals surface area contributed by atoms with Gasteiger partial charge in [-0.15, -0.1) is 0 Å². The molecule has 0 amide bonds. The minimum atomic E-state index is -0.287. The Morgan fingerprint density at radius 3 is 0.431 bits per heavy atom. The number of aromatic hydroxyl groups is 4. The Morgan fingerprint density at radius 2 is 0.264 bits per heavy atom. The molecule has 0 radical (unpaired) electrons. The molecule has 4 N–H and O–H groups in total. The van der Waals surface area contributed by atoms with E-state index in [0.29, 0.717) is 0 Å². The molecule has 9 nitrogen and oxygen atoms in total. The number of phenols is 4. The van der Waals surface area contributed by atoms with Crippen LogP contribution in [0.5, 0.6) is 80.5 Å². The summed E-state index contributed by atoms with van der Waals surface area (Å²) in [5, 5.41) is 57.0. The second kappa shape index (κ2) is 33.6.